The second-order valence-corrected chi connectivity index (χ2v) is 43.0. The Bertz CT molecular complexity index is 4580. The number of rotatable bonds is 30. The molecule has 8 atom stereocenters. The summed E-state index contributed by atoms with van der Waals surface area (Å²) in [5, 5.41) is 0.542. The summed E-state index contributed by atoms with van der Waals surface area (Å²) in [5.41, 5.74) is 5.64. The summed E-state index contributed by atoms with van der Waals surface area (Å²) < 4.78 is 349. The first-order chi connectivity index (χ1) is 63.7. The SMILES string of the molecule is CCC1(OC/C(F)=C(/F)C(F)(F)F)COC(=O)O1.CCC1(OC/C=C(/F)C(F)(F)F)COC(=O)O1.CCC1(OC/C=C/[Si](C)(C)C(C)(C)C)COC(=O)O1.CCC1(OC/C=C\C(F)(F)F)COC(=O)O1.CCC1(OCC#C[Si](C)(C)C(C)(C)C)COC(=O)O1.CCC1(OCC=C(F)F)COC(=O)O1.CCC1(Oc2c(F)c(F)c(F)c(F)c2F)COC(=O)O1.CCC1(Oc2ccccc2)COC(=O)O1. The number of ether oxygens (including phenoxy) is 24. The van der Waals surface area contributed by atoms with Crippen LogP contribution in [0.3, 0.4) is 0 Å². The number of para-hydroxylation sites is 1. The molecule has 8 heterocycles. The number of benzene rings is 2. The highest BCUT2D eigenvalue weighted by Crippen LogP contribution is 2.41. The van der Waals surface area contributed by atoms with Gasteiger partial charge in [-0.2, -0.15) is 61.5 Å². The van der Waals surface area contributed by atoms with Crippen LogP contribution in [-0.4, -0.2) is 223 Å². The van der Waals surface area contributed by atoms with Gasteiger partial charge in [0.05, 0.1) is 34.5 Å². The van der Waals surface area contributed by atoms with Crippen molar-refractivity contribution in [2.75, 3.05) is 92.5 Å². The van der Waals surface area contributed by atoms with Gasteiger partial charge in [-0.15, -0.1) is 5.54 Å². The lowest BCUT2D eigenvalue weighted by molar-refractivity contribution is -0.179. The lowest BCUT2D eigenvalue weighted by Gasteiger charge is -2.34. The van der Waals surface area contributed by atoms with Crippen molar-refractivity contribution in [2.45, 2.75) is 249 Å². The number of carbonyl (C=O) groups excluding carboxylic acids is 8. The van der Waals surface area contributed by atoms with Gasteiger partial charge in [0, 0.05) is 63.5 Å². The molecular formula is C85H109F19O32Si2. The van der Waals surface area contributed by atoms with E-state index >= 15 is 0 Å². The van der Waals surface area contributed by atoms with E-state index in [9.17, 15) is 122 Å². The third kappa shape index (κ3) is 38.5. The van der Waals surface area contributed by atoms with Crippen molar-refractivity contribution < 1.29 is 235 Å². The summed E-state index contributed by atoms with van der Waals surface area (Å²) >= 11 is 0. The summed E-state index contributed by atoms with van der Waals surface area (Å²) in [4.78, 5) is 86.4. The van der Waals surface area contributed by atoms with Crippen LogP contribution >= 0.6 is 0 Å². The lowest BCUT2D eigenvalue weighted by Crippen LogP contribution is -2.38. The maximum atomic E-state index is 13.4. The molecule has 0 radical (unpaired) electrons. The first kappa shape index (κ1) is 121. The van der Waals surface area contributed by atoms with Crippen LogP contribution in [0.5, 0.6) is 11.5 Å². The summed E-state index contributed by atoms with van der Waals surface area (Å²) in [7, 11) is -3.04. The van der Waals surface area contributed by atoms with E-state index < -0.39 is 215 Å². The van der Waals surface area contributed by atoms with Crippen LogP contribution in [0, 0.1) is 40.6 Å². The van der Waals surface area contributed by atoms with Crippen molar-refractivity contribution >= 4 is 65.4 Å². The molecule has 2 aromatic carbocycles. The molecule has 10 rings (SSSR count). The van der Waals surface area contributed by atoms with Gasteiger partial charge >= 0.3 is 67.8 Å². The number of carbonyl (C=O) groups is 8. The third-order valence-electron chi connectivity index (χ3n) is 21.0. The van der Waals surface area contributed by atoms with Gasteiger partial charge in [-0.25, -0.2) is 60.3 Å². The van der Waals surface area contributed by atoms with E-state index in [0.29, 0.717) is 55.6 Å². The zero-order valence-electron chi connectivity index (χ0n) is 78.2. The minimum absolute atomic E-state index is 0.0135. The molecule has 2 aromatic rings. The van der Waals surface area contributed by atoms with E-state index in [1.807, 2.05) is 57.2 Å². The second kappa shape index (κ2) is 52.0. The Kier molecular flexibility index (Phi) is 45.8. The largest absolute Gasteiger partial charge is 0.512 e. The van der Waals surface area contributed by atoms with Crippen LogP contribution in [0.25, 0.3) is 0 Å². The zero-order chi connectivity index (χ0) is 105. The van der Waals surface area contributed by atoms with Crippen molar-refractivity contribution in [3.8, 4) is 23.0 Å². The number of hydrogen-bond donors (Lipinski definition) is 0. The van der Waals surface area contributed by atoms with Crippen molar-refractivity contribution in [2.24, 2.45) is 0 Å². The fourth-order valence-corrected chi connectivity index (χ4v) is 12.2. The van der Waals surface area contributed by atoms with Gasteiger partial charge in [0.2, 0.25) is 46.5 Å². The van der Waals surface area contributed by atoms with Crippen molar-refractivity contribution in [1.29, 1.82) is 0 Å². The van der Waals surface area contributed by atoms with Gasteiger partial charge < -0.3 is 114 Å². The number of cyclic esters (lactones) is 16. The molecule has 8 aliphatic rings. The molecule has 53 heteroatoms. The monoisotopic (exact) mass is 2060 g/mol. The number of halogens is 19. The molecule has 0 amide bonds. The highest BCUT2D eigenvalue weighted by Gasteiger charge is 2.51. The molecule has 8 fully saturated rings. The van der Waals surface area contributed by atoms with E-state index in [1.165, 1.54) is 13.8 Å². The van der Waals surface area contributed by atoms with Gasteiger partial charge in [0.1, 0.15) is 27.0 Å². The zero-order valence-corrected chi connectivity index (χ0v) is 80.2. The first-order valence-corrected chi connectivity index (χ1v) is 47.9. The van der Waals surface area contributed by atoms with Crippen LogP contribution < -0.4 is 9.47 Å². The minimum atomic E-state index is -5.42. The summed E-state index contributed by atoms with van der Waals surface area (Å²) in [6.07, 6.45) is -17.4. The quantitative estimate of drug-likeness (QED) is 0.0102. The van der Waals surface area contributed by atoms with Gasteiger partial charge in [0.15, 0.2) is 58.7 Å². The molecule has 32 nitrogen and oxygen atoms in total. The predicted octanol–water partition coefficient (Wildman–Crippen LogP) is 22.7. The second-order valence-electron chi connectivity index (χ2n) is 32.7. The van der Waals surface area contributed by atoms with Crippen LogP contribution in [0.1, 0.15) is 148 Å². The van der Waals surface area contributed by atoms with Gasteiger partial charge in [-0.1, -0.05) is 165 Å². The Hall–Kier alpha value is -10.7. The van der Waals surface area contributed by atoms with E-state index in [4.69, 9.17) is 71.1 Å². The van der Waals surface area contributed by atoms with E-state index in [0.717, 1.165) is 6.08 Å². The molecule has 0 spiro atoms. The van der Waals surface area contributed by atoms with Crippen molar-refractivity contribution in [1.82, 2.24) is 0 Å². The number of alkyl halides is 9. The van der Waals surface area contributed by atoms with Crippen molar-refractivity contribution in [3.63, 3.8) is 0 Å². The Labute approximate surface area is 782 Å². The molecule has 138 heavy (non-hydrogen) atoms. The standard InChI is InChI=1S/C14H26O4Si.C14H24O4Si.C11H7F5O4.C11H12O4.C9H9F5O4.C9H10F4O4.C9H11F3O4.C8H10F2O4/c2*1-7-14(11-16-12(15)18-14)17-9-8-10-19(5,6)13(2,3)4;1-2-11(3-18-10(17)20-11)19-9-7(15)5(13)4(12)6(14)8(9)16;1-2-11(8-13-10(12)15-11)14-9-6-4-3-5-7-9;1-2-8(4-16-7(15)18-8)17-3-5(10)6(11)9(12,13)14;1-2-8(5-15-7(14)17-8)16-4-3-6(10)9(11,12)13;1-2-8(6-14-7(13)16-8)15-5-3-4-9(10,11)12;1-2-8(5-12-7(11)14-8)13-4-3-6(9)10/h8,10H,7,9,11H2,1-6H3;7,9,11H2,1-6H3;2-3H2,1H3;3-7H,2,8H2,1H3;2-4H2,1H3;3H,2,4-5H2,1H3;3-4H,2,5-6H2,1H3;3H,2,4-5H2,1H3/b10-8+;;;;6-5-;6-3+;4-3-;. The number of hydrogen-bond acceptors (Lipinski definition) is 32. The number of allylic oxidation sites excluding steroid dienone is 3. The van der Waals surface area contributed by atoms with Crippen LogP contribution in [0.4, 0.5) is 122 Å². The molecule has 8 unspecified atom stereocenters. The molecule has 0 bridgehead atoms. The van der Waals surface area contributed by atoms with E-state index in [2.05, 4.69) is 128 Å². The fourth-order valence-electron chi connectivity index (χ4n) is 10.1. The Morgan fingerprint density at radius 3 is 0.986 bits per heavy atom. The van der Waals surface area contributed by atoms with Crippen LogP contribution in [-0.2, 0) is 104 Å². The van der Waals surface area contributed by atoms with E-state index in [1.54, 1.807) is 20.8 Å². The molecule has 0 aromatic heterocycles. The van der Waals surface area contributed by atoms with Crippen molar-refractivity contribution in [3.05, 3.63) is 119 Å². The molecule has 8 saturated heterocycles. The predicted molar refractivity (Wildman–Crippen MR) is 441 cm³/mol. The van der Waals surface area contributed by atoms with Crippen LogP contribution in [0.2, 0.25) is 36.3 Å². The summed E-state index contributed by atoms with van der Waals surface area (Å²) in [5.74, 6) is -26.3. The maximum Gasteiger partial charge on any atom is 0.512 e. The maximum absolute atomic E-state index is 13.4. The molecule has 8 aliphatic heterocycles. The smallest absolute Gasteiger partial charge is 0.449 e. The van der Waals surface area contributed by atoms with Crippen LogP contribution in [0.15, 0.2) is 90.0 Å². The molecule has 782 valence electrons. The minimum Gasteiger partial charge on any atom is -0.449 e. The van der Waals surface area contributed by atoms with Gasteiger partial charge in [-0.3, -0.25) is 0 Å². The lowest BCUT2D eigenvalue weighted by atomic mass is 10.2. The topological polar surface area (TPSA) is 358 Å². The average Bonchev–Trinajstić information content (AvgIpc) is 1.33. The van der Waals surface area contributed by atoms with E-state index in [-0.39, 0.29) is 95.9 Å². The molecule has 0 N–H and O–H groups in total. The average molecular weight is 2060 g/mol. The Morgan fingerprint density at radius 2 is 0.688 bits per heavy atom. The molecule has 0 aliphatic carbocycles. The molecule has 0 saturated carbocycles. The molecular weight excluding hydrogens is 1950 g/mol. The Morgan fingerprint density at radius 1 is 0.384 bits per heavy atom. The fraction of sp³-hybridized carbons (Fsp3) is 0.624. The van der Waals surface area contributed by atoms with Gasteiger partial charge in [0.25, 0.3) is 52.4 Å². The third-order valence-corrected chi connectivity index (χ3v) is 30.5. The normalized spacial score (nSPS) is 24.5. The summed E-state index contributed by atoms with van der Waals surface area (Å²) in [6.45, 7) is 33.4. The first-order valence-electron chi connectivity index (χ1n) is 41.8. The Balaban J connectivity index is 0.000000407. The highest BCUT2D eigenvalue weighted by molar-refractivity contribution is 6.87. The highest BCUT2D eigenvalue weighted by atomic mass is 28.3. The summed E-state index contributed by atoms with van der Waals surface area (Å²) in [6, 6.07) is 9.22. The van der Waals surface area contributed by atoms with Gasteiger partial charge in [-0.05, 0) is 28.3 Å².